The van der Waals surface area contributed by atoms with Gasteiger partial charge in [-0.3, -0.25) is 4.98 Å². The maximum Gasteiger partial charge on any atom is 0.225 e. The molecule has 3 fully saturated rings. The van der Waals surface area contributed by atoms with Crippen molar-refractivity contribution in [2.24, 2.45) is 0 Å². The van der Waals surface area contributed by atoms with Crippen molar-refractivity contribution in [3.05, 3.63) is 36.3 Å². The summed E-state index contributed by atoms with van der Waals surface area (Å²) in [5.41, 5.74) is 3.66. The van der Waals surface area contributed by atoms with Gasteiger partial charge in [-0.25, -0.2) is 9.97 Å². The molecule has 0 N–H and O–H groups in total. The van der Waals surface area contributed by atoms with Crippen molar-refractivity contribution in [3.63, 3.8) is 0 Å². The molecule has 6 nitrogen and oxygen atoms in total. The first-order valence-corrected chi connectivity index (χ1v) is 9.16. The van der Waals surface area contributed by atoms with Gasteiger partial charge >= 0.3 is 0 Å². The third kappa shape index (κ3) is 2.69. The highest BCUT2D eigenvalue weighted by atomic mass is 16.5. The summed E-state index contributed by atoms with van der Waals surface area (Å²) in [4.78, 5) is 18.5. The Bertz CT molecular complexity index is 731. The van der Waals surface area contributed by atoms with E-state index in [4.69, 9.17) is 9.72 Å². The van der Waals surface area contributed by atoms with Crippen LogP contribution >= 0.6 is 0 Å². The predicted molar refractivity (Wildman–Crippen MR) is 95.6 cm³/mol. The molecular formula is C19H23N5O. The first-order chi connectivity index (χ1) is 12.3. The van der Waals surface area contributed by atoms with Gasteiger partial charge in [0.1, 0.15) is 0 Å². The Morgan fingerprint density at radius 1 is 0.880 bits per heavy atom. The maximum atomic E-state index is 5.38. The number of anilines is 1. The van der Waals surface area contributed by atoms with E-state index < -0.39 is 0 Å². The van der Waals surface area contributed by atoms with E-state index in [1.165, 1.54) is 38.0 Å². The van der Waals surface area contributed by atoms with Gasteiger partial charge in [-0.2, -0.15) is 0 Å². The van der Waals surface area contributed by atoms with Gasteiger partial charge in [0.25, 0.3) is 0 Å². The minimum absolute atomic E-state index is 0.349. The van der Waals surface area contributed by atoms with Gasteiger partial charge in [0.2, 0.25) is 5.95 Å². The minimum Gasteiger partial charge on any atom is -0.378 e. The third-order valence-corrected chi connectivity index (χ3v) is 5.94. The molecule has 0 aliphatic carbocycles. The van der Waals surface area contributed by atoms with Crippen LogP contribution in [0.1, 0.15) is 18.4 Å². The molecule has 0 amide bonds. The van der Waals surface area contributed by atoms with E-state index in [0.29, 0.717) is 5.41 Å². The maximum absolute atomic E-state index is 5.38. The second-order valence-electron chi connectivity index (χ2n) is 7.36. The Morgan fingerprint density at radius 3 is 2.24 bits per heavy atom. The summed E-state index contributed by atoms with van der Waals surface area (Å²) >= 11 is 0. The van der Waals surface area contributed by atoms with Crippen LogP contribution in [0.4, 0.5) is 5.95 Å². The van der Waals surface area contributed by atoms with Crippen LogP contribution in [-0.4, -0.2) is 65.8 Å². The summed E-state index contributed by atoms with van der Waals surface area (Å²) in [6.07, 6.45) is 8.37. The number of hydrogen-bond donors (Lipinski definition) is 0. The standard InChI is InChI=1S/C19H23N5O/c1-2-17(20-13-16(1)19-3-5-23(14-19)6-4-19)15-11-21-18(22-12-15)24-7-9-25-10-8-24/h1-2,11-13H,3-10,14H2. The molecule has 5 rings (SSSR count). The number of nitrogens with zero attached hydrogens (tertiary/aromatic N) is 5. The highest BCUT2D eigenvalue weighted by molar-refractivity contribution is 5.58. The number of piperidine rings is 1. The number of pyridine rings is 1. The first kappa shape index (κ1) is 15.2. The highest BCUT2D eigenvalue weighted by Crippen LogP contribution is 2.42. The van der Waals surface area contributed by atoms with E-state index in [9.17, 15) is 0 Å². The zero-order valence-corrected chi connectivity index (χ0v) is 14.4. The van der Waals surface area contributed by atoms with Gasteiger partial charge in [0.15, 0.2) is 0 Å². The van der Waals surface area contributed by atoms with E-state index in [1.54, 1.807) is 0 Å². The predicted octanol–water partition coefficient (Wildman–Crippen LogP) is 1.72. The van der Waals surface area contributed by atoms with E-state index >= 15 is 0 Å². The summed E-state index contributed by atoms with van der Waals surface area (Å²) in [6.45, 7) is 6.86. The van der Waals surface area contributed by atoms with Gasteiger partial charge in [0, 0.05) is 49.2 Å². The topological polar surface area (TPSA) is 54.4 Å². The average molecular weight is 337 g/mol. The zero-order valence-electron chi connectivity index (χ0n) is 14.4. The molecule has 130 valence electrons. The van der Waals surface area contributed by atoms with Crippen molar-refractivity contribution < 1.29 is 4.74 Å². The van der Waals surface area contributed by atoms with E-state index in [1.807, 2.05) is 12.4 Å². The Kier molecular flexibility index (Phi) is 3.68. The lowest BCUT2D eigenvalue weighted by Gasteiger charge is -2.26. The summed E-state index contributed by atoms with van der Waals surface area (Å²) in [6, 6.07) is 4.38. The largest absolute Gasteiger partial charge is 0.378 e. The molecule has 3 saturated heterocycles. The molecule has 0 aromatic carbocycles. The number of ether oxygens (including phenoxy) is 1. The molecule has 2 aromatic heterocycles. The van der Waals surface area contributed by atoms with E-state index in [2.05, 4.69) is 38.1 Å². The minimum atomic E-state index is 0.349. The molecule has 25 heavy (non-hydrogen) atoms. The van der Waals surface area contributed by atoms with Crippen molar-refractivity contribution in [1.82, 2.24) is 19.9 Å². The Hall–Kier alpha value is -2.05. The fourth-order valence-corrected chi connectivity index (χ4v) is 4.36. The fraction of sp³-hybridized carbons (Fsp3) is 0.526. The van der Waals surface area contributed by atoms with Crippen molar-refractivity contribution in [3.8, 4) is 11.3 Å². The molecular weight excluding hydrogens is 314 g/mol. The summed E-state index contributed by atoms with van der Waals surface area (Å²) in [7, 11) is 0. The van der Waals surface area contributed by atoms with Crippen LogP contribution in [0.3, 0.4) is 0 Å². The number of hydrogen-bond acceptors (Lipinski definition) is 6. The molecule has 0 radical (unpaired) electrons. The van der Waals surface area contributed by atoms with Crippen molar-refractivity contribution >= 4 is 5.95 Å². The van der Waals surface area contributed by atoms with E-state index in [-0.39, 0.29) is 0 Å². The van der Waals surface area contributed by atoms with Crippen LogP contribution in [0, 0.1) is 0 Å². The van der Waals surface area contributed by atoms with E-state index in [0.717, 1.165) is 43.5 Å². The van der Waals surface area contributed by atoms with Crippen LogP contribution in [-0.2, 0) is 10.2 Å². The van der Waals surface area contributed by atoms with Crippen molar-refractivity contribution in [2.75, 3.05) is 50.8 Å². The van der Waals surface area contributed by atoms with Crippen LogP contribution in [0.25, 0.3) is 11.3 Å². The lowest BCUT2D eigenvalue weighted by molar-refractivity contribution is 0.122. The quantitative estimate of drug-likeness (QED) is 0.850. The molecule has 2 bridgehead atoms. The van der Waals surface area contributed by atoms with Crippen LogP contribution in [0.15, 0.2) is 30.7 Å². The van der Waals surface area contributed by atoms with Gasteiger partial charge < -0.3 is 14.5 Å². The monoisotopic (exact) mass is 337 g/mol. The number of morpholine rings is 1. The molecule has 0 atom stereocenters. The van der Waals surface area contributed by atoms with Crippen LogP contribution in [0.5, 0.6) is 0 Å². The molecule has 5 heterocycles. The van der Waals surface area contributed by atoms with Gasteiger partial charge in [-0.1, -0.05) is 6.07 Å². The van der Waals surface area contributed by atoms with Crippen molar-refractivity contribution in [2.45, 2.75) is 18.3 Å². The molecule has 0 unspecified atom stereocenters. The second-order valence-corrected chi connectivity index (χ2v) is 7.36. The molecule has 2 aromatic rings. The smallest absolute Gasteiger partial charge is 0.225 e. The second kappa shape index (κ2) is 6.04. The molecule has 6 heteroatoms. The fourth-order valence-electron chi connectivity index (χ4n) is 4.36. The third-order valence-electron chi connectivity index (χ3n) is 5.94. The lowest BCUT2D eigenvalue weighted by atomic mass is 9.78. The van der Waals surface area contributed by atoms with Gasteiger partial charge in [-0.05, 0) is 37.6 Å². The molecule has 3 aliphatic heterocycles. The number of aromatic nitrogens is 3. The van der Waals surface area contributed by atoms with Gasteiger partial charge in [0.05, 0.1) is 18.9 Å². The molecule has 3 aliphatic rings. The van der Waals surface area contributed by atoms with Crippen LogP contribution < -0.4 is 4.90 Å². The first-order valence-electron chi connectivity index (χ1n) is 9.16. The van der Waals surface area contributed by atoms with Gasteiger partial charge in [-0.15, -0.1) is 0 Å². The number of fused-ring (bicyclic) bond motifs is 2. The summed E-state index contributed by atoms with van der Waals surface area (Å²) < 4.78 is 5.38. The SMILES string of the molecule is c1nc(N2CCOCC2)ncc1-c1ccc(C23CCN(CC2)C3)cn1. The highest BCUT2D eigenvalue weighted by Gasteiger charge is 2.44. The lowest BCUT2D eigenvalue weighted by Crippen LogP contribution is -2.37. The normalized spacial score (nSPS) is 28.5. The Morgan fingerprint density at radius 2 is 1.64 bits per heavy atom. The Balaban J connectivity index is 1.35. The summed E-state index contributed by atoms with van der Waals surface area (Å²) in [5, 5.41) is 0. The Labute approximate surface area is 147 Å². The number of rotatable bonds is 3. The molecule has 0 saturated carbocycles. The zero-order chi connectivity index (χ0) is 16.7. The van der Waals surface area contributed by atoms with Crippen molar-refractivity contribution in [1.29, 1.82) is 0 Å². The average Bonchev–Trinajstić information content (AvgIpc) is 3.32. The van der Waals surface area contributed by atoms with Crippen LogP contribution in [0.2, 0.25) is 0 Å². The molecule has 0 spiro atoms. The summed E-state index contributed by atoms with van der Waals surface area (Å²) in [5.74, 6) is 0.777.